The second-order valence-corrected chi connectivity index (χ2v) is 4.59. The van der Waals surface area contributed by atoms with Crippen molar-refractivity contribution in [1.82, 2.24) is 10.2 Å². The average molecular weight is 297 g/mol. The molecule has 1 aromatic rings. The van der Waals surface area contributed by atoms with Gasteiger partial charge < -0.3 is 20.7 Å². The first-order valence-corrected chi connectivity index (χ1v) is 6.52. The van der Waals surface area contributed by atoms with Gasteiger partial charge in [-0.1, -0.05) is 0 Å². The van der Waals surface area contributed by atoms with Crippen molar-refractivity contribution in [3.8, 4) is 0 Å². The van der Waals surface area contributed by atoms with Crippen molar-refractivity contribution in [3.63, 3.8) is 0 Å². The third-order valence-corrected chi connectivity index (χ3v) is 2.82. The molecule has 0 radical (unpaired) electrons. The zero-order valence-electron chi connectivity index (χ0n) is 12.2. The first-order chi connectivity index (χ1) is 9.95. The molecule has 0 atom stereocenters. The Morgan fingerprint density at radius 2 is 2.14 bits per heavy atom. The van der Waals surface area contributed by atoms with Crippen molar-refractivity contribution in [3.05, 3.63) is 29.6 Å². The molecule has 0 unspecified atom stereocenters. The number of halogens is 1. The van der Waals surface area contributed by atoms with E-state index in [1.807, 2.05) is 0 Å². The molecule has 0 fully saturated rings. The quantitative estimate of drug-likeness (QED) is 0.571. The number of carbonyl (C=O) groups is 2. The number of nitrogen functional groups attached to an aromatic ring is 1. The fraction of sp³-hybridized carbons (Fsp3) is 0.429. The van der Waals surface area contributed by atoms with Crippen LogP contribution in [0, 0.1) is 5.82 Å². The normalized spacial score (nSPS) is 10.2. The van der Waals surface area contributed by atoms with E-state index in [4.69, 9.17) is 10.5 Å². The van der Waals surface area contributed by atoms with Gasteiger partial charge in [-0.25, -0.2) is 4.39 Å². The largest absolute Gasteiger partial charge is 0.396 e. The molecule has 0 bridgehead atoms. The van der Waals surface area contributed by atoms with Crippen LogP contribution < -0.4 is 11.1 Å². The average Bonchev–Trinajstić information content (AvgIpc) is 2.45. The highest BCUT2D eigenvalue weighted by Gasteiger charge is 2.15. The van der Waals surface area contributed by atoms with Crippen LogP contribution in [0.3, 0.4) is 0 Å². The number of anilines is 1. The number of nitrogens with zero attached hydrogens (tertiary/aromatic N) is 1. The molecule has 0 aliphatic rings. The van der Waals surface area contributed by atoms with Crippen LogP contribution in [0.1, 0.15) is 16.8 Å². The van der Waals surface area contributed by atoms with E-state index in [1.54, 1.807) is 7.11 Å². The fourth-order valence-electron chi connectivity index (χ4n) is 1.68. The van der Waals surface area contributed by atoms with Crippen LogP contribution in [0.2, 0.25) is 0 Å². The summed E-state index contributed by atoms with van der Waals surface area (Å²) in [5, 5.41) is 2.68. The molecule has 116 valence electrons. The number of ether oxygens (including phenoxy) is 1. The molecule has 2 amide bonds. The van der Waals surface area contributed by atoms with Crippen LogP contribution in [-0.4, -0.2) is 50.6 Å². The van der Waals surface area contributed by atoms with E-state index >= 15 is 0 Å². The lowest BCUT2D eigenvalue weighted by Gasteiger charge is -2.17. The summed E-state index contributed by atoms with van der Waals surface area (Å²) in [6.07, 6.45) is 0.703. The second kappa shape index (κ2) is 8.21. The molecule has 0 saturated heterocycles. The van der Waals surface area contributed by atoms with Gasteiger partial charge in [0, 0.05) is 32.9 Å². The second-order valence-electron chi connectivity index (χ2n) is 4.59. The number of nitrogens with one attached hydrogen (secondary N) is 1. The SMILES string of the molecule is COCCCNC(=O)CN(C)C(=O)c1ccc(F)c(N)c1. The molecule has 6 nitrogen and oxygen atoms in total. The fourth-order valence-corrected chi connectivity index (χ4v) is 1.68. The monoisotopic (exact) mass is 297 g/mol. The minimum absolute atomic E-state index is 0.0803. The lowest BCUT2D eigenvalue weighted by Crippen LogP contribution is -2.38. The van der Waals surface area contributed by atoms with E-state index < -0.39 is 11.7 Å². The van der Waals surface area contributed by atoms with Gasteiger partial charge in [-0.15, -0.1) is 0 Å². The number of methoxy groups -OCH3 is 1. The maximum atomic E-state index is 13.1. The first kappa shape index (κ1) is 16.9. The van der Waals surface area contributed by atoms with Gasteiger partial charge in [0.2, 0.25) is 5.91 Å². The predicted molar refractivity (Wildman–Crippen MR) is 77.3 cm³/mol. The molecule has 0 spiro atoms. The molecule has 0 saturated carbocycles. The number of rotatable bonds is 7. The smallest absolute Gasteiger partial charge is 0.254 e. The molecule has 3 N–H and O–H groups in total. The van der Waals surface area contributed by atoms with E-state index in [0.717, 1.165) is 6.07 Å². The summed E-state index contributed by atoms with van der Waals surface area (Å²) >= 11 is 0. The highest BCUT2D eigenvalue weighted by Crippen LogP contribution is 2.13. The lowest BCUT2D eigenvalue weighted by molar-refractivity contribution is -0.121. The highest BCUT2D eigenvalue weighted by atomic mass is 19.1. The predicted octanol–water partition coefficient (Wildman–Crippen LogP) is 0.633. The molecule has 1 rings (SSSR count). The number of hydrogen-bond acceptors (Lipinski definition) is 4. The van der Waals surface area contributed by atoms with Gasteiger partial charge in [0.1, 0.15) is 5.82 Å². The van der Waals surface area contributed by atoms with Gasteiger partial charge in [-0.05, 0) is 24.6 Å². The molecule has 7 heteroatoms. The molecule has 0 aliphatic heterocycles. The Kier molecular flexibility index (Phi) is 6.61. The van der Waals surface area contributed by atoms with Crippen LogP contribution in [-0.2, 0) is 9.53 Å². The molecule has 0 aliphatic carbocycles. The Bertz CT molecular complexity index is 508. The molecule has 0 aromatic heterocycles. The van der Waals surface area contributed by atoms with E-state index in [1.165, 1.54) is 24.1 Å². The Morgan fingerprint density at radius 3 is 2.76 bits per heavy atom. The summed E-state index contributed by atoms with van der Waals surface area (Å²) in [6, 6.07) is 3.72. The lowest BCUT2D eigenvalue weighted by atomic mass is 10.1. The third-order valence-electron chi connectivity index (χ3n) is 2.82. The number of amides is 2. The van der Waals surface area contributed by atoms with Crippen molar-refractivity contribution in [2.75, 3.05) is 39.6 Å². The summed E-state index contributed by atoms with van der Waals surface area (Å²) in [6.45, 7) is 0.963. The van der Waals surface area contributed by atoms with Crippen LogP contribution in [0.5, 0.6) is 0 Å². The number of hydrogen-bond donors (Lipinski definition) is 2. The third kappa shape index (κ3) is 5.39. The Hall–Kier alpha value is -2.15. The Labute approximate surface area is 123 Å². The molecule has 0 heterocycles. The summed E-state index contributed by atoms with van der Waals surface area (Å²) < 4.78 is 17.9. The van der Waals surface area contributed by atoms with Crippen molar-refractivity contribution in [2.24, 2.45) is 0 Å². The molecular formula is C14H20FN3O3. The van der Waals surface area contributed by atoms with Crippen molar-refractivity contribution < 1.29 is 18.7 Å². The van der Waals surface area contributed by atoms with Gasteiger partial charge >= 0.3 is 0 Å². The number of carbonyl (C=O) groups excluding carboxylic acids is 2. The molecule has 1 aromatic carbocycles. The first-order valence-electron chi connectivity index (χ1n) is 6.52. The number of nitrogens with two attached hydrogens (primary N) is 1. The highest BCUT2D eigenvalue weighted by molar-refractivity contribution is 5.97. The summed E-state index contributed by atoms with van der Waals surface area (Å²) in [5.74, 6) is -1.24. The van der Waals surface area contributed by atoms with E-state index in [-0.39, 0.29) is 23.7 Å². The van der Waals surface area contributed by atoms with Gasteiger partial charge in [0.25, 0.3) is 5.91 Å². The summed E-state index contributed by atoms with van der Waals surface area (Å²) in [4.78, 5) is 25.0. The summed E-state index contributed by atoms with van der Waals surface area (Å²) in [7, 11) is 3.08. The topological polar surface area (TPSA) is 84.7 Å². The Morgan fingerprint density at radius 1 is 1.43 bits per heavy atom. The minimum Gasteiger partial charge on any atom is -0.396 e. The standard InChI is InChI=1S/C14H20FN3O3/c1-18(9-13(19)17-6-3-7-21-2)14(20)10-4-5-11(15)12(16)8-10/h4-5,8H,3,6-7,9,16H2,1-2H3,(H,17,19). The minimum atomic E-state index is -0.579. The van der Waals surface area contributed by atoms with Crippen LogP contribution >= 0.6 is 0 Å². The van der Waals surface area contributed by atoms with Crippen molar-refractivity contribution in [2.45, 2.75) is 6.42 Å². The van der Waals surface area contributed by atoms with Crippen LogP contribution in [0.15, 0.2) is 18.2 Å². The molecule has 21 heavy (non-hydrogen) atoms. The zero-order chi connectivity index (χ0) is 15.8. The number of likely N-dealkylation sites (N-methyl/N-ethyl adjacent to an activating group) is 1. The summed E-state index contributed by atoms with van der Waals surface area (Å²) in [5.41, 5.74) is 5.56. The van der Waals surface area contributed by atoms with Gasteiger partial charge in [0.15, 0.2) is 0 Å². The maximum Gasteiger partial charge on any atom is 0.254 e. The van der Waals surface area contributed by atoms with E-state index in [9.17, 15) is 14.0 Å². The van der Waals surface area contributed by atoms with E-state index in [2.05, 4.69) is 5.32 Å². The molecular weight excluding hydrogens is 277 g/mol. The maximum absolute atomic E-state index is 13.1. The van der Waals surface area contributed by atoms with Gasteiger partial charge in [-0.2, -0.15) is 0 Å². The Balaban J connectivity index is 2.50. The van der Waals surface area contributed by atoms with Crippen LogP contribution in [0.4, 0.5) is 10.1 Å². The number of benzene rings is 1. The van der Waals surface area contributed by atoms with Crippen molar-refractivity contribution in [1.29, 1.82) is 0 Å². The van der Waals surface area contributed by atoms with E-state index in [0.29, 0.717) is 19.6 Å². The van der Waals surface area contributed by atoms with Gasteiger partial charge in [0.05, 0.1) is 12.2 Å². The van der Waals surface area contributed by atoms with Crippen molar-refractivity contribution >= 4 is 17.5 Å². The van der Waals surface area contributed by atoms with Gasteiger partial charge in [-0.3, -0.25) is 9.59 Å². The van der Waals surface area contributed by atoms with Crippen LogP contribution in [0.25, 0.3) is 0 Å². The zero-order valence-corrected chi connectivity index (χ0v) is 12.2.